The van der Waals surface area contributed by atoms with Crippen molar-refractivity contribution in [3.8, 4) is 5.75 Å². The van der Waals surface area contributed by atoms with Gasteiger partial charge in [-0.05, 0) is 37.5 Å². The summed E-state index contributed by atoms with van der Waals surface area (Å²) in [6.45, 7) is 4.17. The van der Waals surface area contributed by atoms with Gasteiger partial charge in [0.1, 0.15) is 11.3 Å². The maximum Gasteiger partial charge on any atom is 0.344 e. The number of hydrogen-bond acceptors (Lipinski definition) is 4. The first-order chi connectivity index (χ1) is 14.0. The normalized spacial score (nSPS) is 18.5. The number of aryl methyl sites for hydroxylation is 1. The van der Waals surface area contributed by atoms with Crippen LogP contribution in [0, 0.1) is 6.92 Å². The van der Waals surface area contributed by atoms with Gasteiger partial charge in [0.2, 0.25) is 5.91 Å². The number of nitrogens with zero attached hydrogens (tertiary/aromatic N) is 1. The number of carbonyl (C=O) groups excluding carboxylic acids is 3. The Morgan fingerprint density at radius 3 is 2.45 bits per heavy atom. The quantitative estimate of drug-likeness (QED) is 0.531. The smallest absolute Gasteiger partial charge is 0.344 e. The van der Waals surface area contributed by atoms with E-state index in [-0.39, 0.29) is 6.42 Å². The minimum atomic E-state index is -1.17. The highest BCUT2D eigenvalue weighted by atomic mass is 16.5. The highest BCUT2D eigenvalue weighted by Crippen LogP contribution is 2.31. The lowest BCUT2D eigenvalue weighted by molar-refractivity contribution is -0.139. The minimum Gasteiger partial charge on any atom is -0.494 e. The highest BCUT2D eigenvalue weighted by molar-refractivity contribution is 6.08. The van der Waals surface area contributed by atoms with E-state index in [1.165, 1.54) is 0 Å². The van der Waals surface area contributed by atoms with E-state index in [1.54, 1.807) is 12.1 Å². The van der Waals surface area contributed by atoms with Crippen LogP contribution in [0.4, 0.5) is 4.79 Å². The highest BCUT2D eigenvalue weighted by Gasteiger charge is 2.52. The standard InChI is InChI=1S/C22H25N3O4/c1-3-22(17-8-5-4-6-9-17)20(27)25(21(28)23-22)24-19(26)10-7-15-29-18-13-11-16(2)12-14-18/h4-6,8-9,11-14H,3,7,10,15H2,1-2H3,(H,23,28)(H,24,26)/t22-/m0/s1. The first kappa shape index (κ1) is 20.4. The molecular weight excluding hydrogens is 370 g/mol. The molecule has 2 aromatic rings. The number of imide groups is 1. The molecule has 152 valence electrons. The lowest BCUT2D eigenvalue weighted by atomic mass is 9.87. The maximum atomic E-state index is 13.0. The summed E-state index contributed by atoms with van der Waals surface area (Å²) in [5, 5.41) is 3.51. The van der Waals surface area contributed by atoms with Gasteiger partial charge in [0.25, 0.3) is 5.91 Å². The van der Waals surface area contributed by atoms with Crippen molar-refractivity contribution < 1.29 is 19.1 Å². The van der Waals surface area contributed by atoms with Crippen LogP contribution >= 0.6 is 0 Å². The van der Waals surface area contributed by atoms with Crippen molar-refractivity contribution in [2.45, 2.75) is 38.6 Å². The molecule has 7 nitrogen and oxygen atoms in total. The Hall–Kier alpha value is -3.35. The van der Waals surface area contributed by atoms with E-state index >= 15 is 0 Å². The summed E-state index contributed by atoms with van der Waals surface area (Å²) < 4.78 is 5.59. The number of hydrogen-bond donors (Lipinski definition) is 2. The molecule has 1 atom stereocenters. The second kappa shape index (κ2) is 8.77. The van der Waals surface area contributed by atoms with Gasteiger partial charge in [0.15, 0.2) is 0 Å². The molecule has 7 heteroatoms. The molecule has 2 N–H and O–H groups in total. The summed E-state index contributed by atoms with van der Waals surface area (Å²) in [6.07, 6.45) is 0.965. The molecule has 0 radical (unpaired) electrons. The number of amides is 4. The Morgan fingerprint density at radius 2 is 1.79 bits per heavy atom. The van der Waals surface area contributed by atoms with E-state index < -0.39 is 23.4 Å². The number of benzene rings is 2. The van der Waals surface area contributed by atoms with Crippen molar-refractivity contribution >= 4 is 17.8 Å². The predicted octanol–water partition coefficient (Wildman–Crippen LogP) is 3.04. The fraction of sp³-hybridized carbons (Fsp3) is 0.318. The van der Waals surface area contributed by atoms with Crippen molar-refractivity contribution in [3.63, 3.8) is 0 Å². The SMILES string of the molecule is CC[C@@]1(c2ccccc2)NC(=O)N(NC(=O)CCCOc2ccc(C)cc2)C1=O. The lowest BCUT2D eigenvalue weighted by Crippen LogP contribution is -2.48. The molecule has 0 saturated carbocycles. The van der Waals surface area contributed by atoms with Crippen molar-refractivity contribution in [2.75, 3.05) is 6.61 Å². The number of ether oxygens (including phenoxy) is 1. The number of nitrogens with one attached hydrogen (secondary N) is 2. The van der Waals surface area contributed by atoms with E-state index in [0.29, 0.717) is 25.0 Å². The number of carbonyl (C=O) groups is 3. The molecule has 29 heavy (non-hydrogen) atoms. The zero-order valence-electron chi connectivity index (χ0n) is 16.6. The van der Waals surface area contributed by atoms with Gasteiger partial charge < -0.3 is 10.1 Å². The van der Waals surface area contributed by atoms with Gasteiger partial charge in [0, 0.05) is 6.42 Å². The summed E-state index contributed by atoms with van der Waals surface area (Å²) >= 11 is 0. The first-order valence-corrected chi connectivity index (χ1v) is 9.67. The molecule has 0 aliphatic carbocycles. The van der Waals surface area contributed by atoms with Crippen LogP contribution in [0.2, 0.25) is 0 Å². The van der Waals surface area contributed by atoms with Crippen LogP contribution in [0.1, 0.15) is 37.3 Å². The average Bonchev–Trinajstić information content (AvgIpc) is 2.98. The third-order valence-corrected chi connectivity index (χ3v) is 4.96. The van der Waals surface area contributed by atoms with Gasteiger partial charge in [-0.3, -0.25) is 15.0 Å². The van der Waals surface area contributed by atoms with Gasteiger partial charge in [-0.2, -0.15) is 5.01 Å². The van der Waals surface area contributed by atoms with Crippen LogP contribution in [-0.4, -0.2) is 29.5 Å². The Kier molecular flexibility index (Phi) is 6.16. The van der Waals surface area contributed by atoms with Crippen molar-refractivity contribution in [1.29, 1.82) is 0 Å². The fourth-order valence-corrected chi connectivity index (χ4v) is 3.28. The average molecular weight is 395 g/mol. The van der Waals surface area contributed by atoms with Gasteiger partial charge in [-0.25, -0.2) is 4.79 Å². The van der Waals surface area contributed by atoms with Crippen molar-refractivity contribution in [1.82, 2.24) is 15.8 Å². The molecule has 0 unspecified atom stereocenters. The zero-order chi connectivity index (χ0) is 20.9. The van der Waals surface area contributed by atoms with Crippen molar-refractivity contribution in [3.05, 3.63) is 65.7 Å². The second-order valence-corrected chi connectivity index (χ2v) is 7.00. The van der Waals surface area contributed by atoms with Crippen LogP contribution in [0.15, 0.2) is 54.6 Å². The number of hydrazine groups is 1. The molecule has 1 aliphatic heterocycles. The van der Waals surface area contributed by atoms with Gasteiger partial charge in [0.05, 0.1) is 6.61 Å². The molecule has 1 saturated heterocycles. The largest absolute Gasteiger partial charge is 0.494 e. The second-order valence-electron chi connectivity index (χ2n) is 7.00. The third-order valence-electron chi connectivity index (χ3n) is 4.96. The minimum absolute atomic E-state index is 0.132. The fourth-order valence-electron chi connectivity index (χ4n) is 3.28. The lowest BCUT2D eigenvalue weighted by Gasteiger charge is -2.25. The summed E-state index contributed by atoms with van der Waals surface area (Å²) in [4.78, 5) is 37.6. The summed E-state index contributed by atoms with van der Waals surface area (Å²) in [5.41, 5.74) is 3.08. The van der Waals surface area contributed by atoms with Crippen LogP contribution < -0.4 is 15.5 Å². The van der Waals surface area contributed by atoms with Crippen LogP contribution in [0.3, 0.4) is 0 Å². The maximum absolute atomic E-state index is 13.0. The molecule has 0 aromatic heterocycles. The van der Waals surface area contributed by atoms with Gasteiger partial charge in [-0.1, -0.05) is 55.0 Å². The Bertz CT molecular complexity index is 883. The van der Waals surface area contributed by atoms with Crippen LogP contribution in [0.5, 0.6) is 5.75 Å². The Labute approximate surface area is 170 Å². The molecule has 0 bridgehead atoms. The van der Waals surface area contributed by atoms with E-state index in [1.807, 2.05) is 56.3 Å². The van der Waals surface area contributed by atoms with E-state index in [4.69, 9.17) is 4.74 Å². The van der Waals surface area contributed by atoms with E-state index in [2.05, 4.69) is 10.7 Å². The molecule has 0 spiro atoms. The molecule has 1 aliphatic rings. The third kappa shape index (κ3) is 4.39. The first-order valence-electron chi connectivity index (χ1n) is 9.67. The van der Waals surface area contributed by atoms with Crippen LogP contribution in [-0.2, 0) is 15.1 Å². The molecular formula is C22H25N3O4. The topological polar surface area (TPSA) is 87.7 Å². The predicted molar refractivity (Wildman–Crippen MR) is 108 cm³/mol. The van der Waals surface area contributed by atoms with Gasteiger partial charge >= 0.3 is 6.03 Å². The molecule has 4 amide bonds. The molecule has 2 aromatic carbocycles. The summed E-state index contributed by atoms with van der Waals surface area (Å²) in [6, 6.07) is 16.0. The summed E-state index contributed by atoms with van der Waals surface area (Å²) in [7, 11) is 0. The van der Waals surface area contributed by atoms with Crippen molar-refractivity contribution in [2.24, 2.45) is 0 Å². The number of urea groups is 1. The van der Waals surface area contributed by atoms with Crippen LogP contribution in [0.25, 0.3) is 0 Å². The van der Waals surface area contributed by atoms with E-state index in [9.17, 15) is 14.4 Å². The molecule has 1 heterocycles. The van der Waals surface area contributed by atoms with Gasteiger partial charge in [-0.15, -0.1) is 0 Å². The molecule has 1 fully saturated rings. The Morgan fingerprint density at radius 1 is 1.10 bits per heavy atom. The number of rotatable bonds is 8. The monoisotopic (exact) mass is 395 g/mol. The molecule has 3 rings (SSSR count). The summed E-state index contributed by atoms with van der Waals surface area (Å²) in [5.74, 6) is -0.165. The zero-order valence-corrected chi connectivity index (χ0v) is 16.6. The van der Waals surface area contributed by atoms with E-state index in [0.717, 1.165) is 16.3 Å². The Balaban J connectivity index is 1.54.